The Morgan fingerprint density at radius 3 is 2.52 bits per heavy atom. The zero-order valence-corrected chi connectivity index (χ0v) is 18.5. The summed E-state index contributed by atoms with van der Waals surface area (Å²) in [5, 5.41) is 3.10. The van der Waals surface area contributed by atoms with Crippen LogP contribution in [-0.2, 0) is 35.1 Å². The van der Waals surface area contributed by atoms with Gasteiger partial charge in [-0.05, 0) is 45.1 Å². The maximum absolute atomic E-state index is 13.0. The molecule has 8 heteroatoms. The van der Waals surface area contributed by atoms with Crippen LogP contribution in [0.5, 0.6) is 0 Å². The number of carbonyl (C=O) groups is 4. The smallest absolute Gasteiger partial charge is 0.323 e. The number of hydrogen-bond acceptors (Lipinski definition) is 7. The Kier molecular flexibility index (Phi) is 9.65. The quantitative estimate of drug-likeness (QED) is 0.531. The van der Waals surface area contributed by atoms with E-state index < -0.39 is 30.1 Å². The topological polar surface area (TPSA) is 102 Å². The molecule has 31 heavy (non-hydrogen) atoms. The van der Waals surface area contributed by atoms with Crippen molar-refractivity contribution in [1.29, 1.82) is 0 Å². The van der Waals surface area contributed by atoms with Crippen LogP contribution >= 0.6 is 0 Å². The Balaban J connectivity index is 2.00. The molecule has 0 spiro atoms. The molecule has 1 amide bonds. The molecule has 1 aromatic carbocycles. The first-order valence-electron chi connectivity index (χ1n) is 10.8. The van der Waals surface area contributed by atoms with E-state index in [1.807, 2.05) is 30.3 Å². The number of amides is 1. The van der Waals surface area contributed by atoms with Crippen LogP contribution < -0.4 is 5.32 Å². The standard InChI is InChI=1S/C23H32N2O6/c1-4-30-23(29)19(13-12-18-9-6-5-7-10-18)24-16(2)22(28)25-14-8-11-20(25)21(27)15-31-17(3)26/h5-7,9-10,16,19-20,24H,4,8,11-15H2,1-3H3/t16-,19?,20-/m0/s1. The van der Waals surface area contributed by atoms with Gasteiger partial charge in [-0.15, -0.1) is 0 Å². The van der Waals surface area contributed by atoms with Crippen LogP contribution in [0.4, 0.5) is 0 Å². The first-order valence-corrected chi connectivity index (χ1v) is 10.8. The van der Waals surface area contributed by atoms with Crippen LogP contribution in [-0.4, -0.2) is 66.4 Å². The number of ether oxygens (including phenoxy) is 2. The minimum absolute atomic E-state index is 0.253. The third-order valence-electron chi connectivity index (χ3n) is 5.28. The highest BCUT2D eigenvalue weighted by Crippen LogP contribution is 2.20. The summed E-state index contributed by atoms with van der Waals surface area (Å²) < 4.78 is 9.98. The number of nitrogens with one attached hydrogen (secondary N) is 1. The van der Waals surface area contributed by atoms with E-state index >= 15 is 0 Å². The number of esters is 2. The van der Waals surface area contributed by atoms with E-state index in [-0.39, 0.29) is 24.9 Å². The molecule has 0 aliphatic carbocycles. The van der Waals surface area contributed by atoms with E-state index in [1.54, 1.807) is 13.8 Å². The lowest BCUT2D eigenvalue weighted by atomic mass is 10.0. The number of aryl methyl sites for hydroxylation is 1. The molecular weight excluding hydrogens is 400 g/mol. The fourth-order valence-electron chi connectivity index (χ4n) is 3.72. The first kappa shape index (κ1) is 24.5. The number of likely N-dealkylation sites (tertiary alicyclic amines) is 1. The maximum Gasteiger partial charge on any atom is 0.323 e. The van der Waals surface area contributed by atoms with Gasteiger partial charge in [-0.1, -0.05) is 30.3 Å². The minimum Gasteiger partial charge on any atom is -0.465 e. The van der Waals surface area contributed by atoms with Gasteiger partial charge >= 0.3 is 11.9 Å². The average molecular weight is 433 g/mol. The second-order valence-electron chi connectivity index (χ2n) is 7.65. The summed E-state index contributed by atoms with van der Waals surface area (Å²) in [4.78, 5) is 50.4. The number of carbonyl (C=O) groups excluding carboxylic acids is 4. The molecule has 1 aliphatic rings. The van der Waals surface area contributed by atoms with Crippen molar-refractivity contribution in [3.05, 3.63) is 35.9 Å². The van der Waals surface area contributed by atoms with Crippen LogP contribution in [0.25, 0.3) is 0 Å². The largest absolute Gasteiger partial charge is 0.465 e. The highest BCUT2D eigenvalue weighted by Gasteiger charge is 2.37. The highest BCUT2D eigenvalue weighted by molar-refractivity contribution is 5.93. The van der Waals surface area contributed by atoms with Gasteiger partial charge in [0.05, 0.1) is 18.7 Å². The zero-order valence-electron chi connectivity index (χ0n) is 18.5. The molecule has 0 aromatic heterocycles. The van der Waals surface area contributed by atoms with Crippen molar-refractivity contribution < 1.29 is 28.7 Å². The molecule has 1 fully saturated rings. The fraction of sp³-hybridized carbons (Fsp3) is 0.565. The summed E-state index contributed by atoms with van der Waals surface area (Å²) in [7, 11) is 0. The molecule has 0 radical (unpaired) electrons. The van der Waals surface area contributed by atoms with Crippen LogP contribution in [0.2, 0.25) is 0 Å². The zero-order chi connectivity index (χ0) is 22.8. The molecule has 8 nitrogen and oxygen atoms in total. The summed E-state index contributed by atoms with van der Waals surface area (Å²) in [6.45, 7) is 5.03. The van der Waals surface area contributed by atoms with Crippen molar-refractivity contribution in [2.24, 2.45) is 0 Å². The molecule has 170 valence electrons. The lowest BCUT2D eigenvalue weighted by molar-refractivity contribution is -0.148. The van der Waals surface area contributed by atoms with E-state index in [1.165, 1.54) is 11.8 Å². The normalized spacial score (nSPS) is 17.6. The monoisotopic (exact) mass is 432 g/mol. The molecule has 1 heterocycles. The molecule has 0 bridgehead atoms. The van der Waals surface area contributed by atoms with Crippen molar-refractivity contribution in [2.75, 3.05) is 19.8 Å². The number of benzene rings is 1. The number of nitrogens with zero attached hydrogens (tertiary/aromatic N) is 1. The third-order valence-corrected chi connectivity index (χ3v) is 5.28. The molecule has 1 N–H and O–H groups in total. The number of hydrogen-bond donors (Lipinski definition) is 1. The van der Waals surface area contributed by atoms with E-state index in [2.05, 4.69) is 5.32 Å². The van der Waals surface area contributed by atoms with E-state index in [0.717, 1.165) is 5.56 Å². The highest BCUT2D eigenvalue weighted by atomic mass is 16.5. The Hall–Kier alpha value is -2.74. The van der Waals surface area contributed by atoms with Crippen LogP contribution in [0, 0.1) is 0 Å². The lowest BCUT2D eigenvalue weighted by Crippen LogP contribution is -2.53. The van der Waals surface area contributed by atoms with Gasteiger partial charge in [-0.3, -0.25) is 24.5 Å². The second-order valence-corrected chi connectivity index (χ2v) is 7.65. The fourth-order valence-corrected chi connectivity index (χ4v) is 3.72. The molecule has 1 aromatic rings. The van der Waals surface area contributed by atoms with Gasteiger partial charge in [0.15, 0.2) is 12.4 Å². The molecule has 0 saturated carbocycles. The third kappa shape index (κ3) is 7.47. The Labute approximate surface area is 183 Å². The summed E-state index contributed by atoms with van der Waals surface area (Å²) in [5.74, 6) is -1.48. The summed E-state index contributed by atoms with van der Waals surface area (Å²) in [6, 6.07) is 7.86. The van der Waals surface area contributed by atoms with Crippen LogP contribution in [0.3, 0.4) is 0 Å². The van der Waals surface area contributed by atoms with E-state index in [9.17, 15) is 19.2 Å². The van der Waals surface area contributed by atoms with Gasteiger partial charge in [-0.25, -0.2) is 0 Å². The molecular formula is C23H32N2O6. The van der Waals surface area contributed by atoms with Crippen molar-refractivity contribution >= 4 is 23.6 Å². The Bertz CT molecular complexity index is 767. The number of Topliss-reactive ketones (excluding diaryl/α,β-unsaturated/α-hetero) is 1. The van der Waals surface area contributed by atoms with Gasteiger partial charge < -0.3 is 14.4 Å². The SMILES string of the molecule is CCOC(=O)C(CCc1ccccc1)N[C@@H](C)C(=O)N1CCC[C@H]1C(=O)COC(C)=O. The lowest BCUT2D eigenvalue weighted by Gasteiger charge is -2.29. The predicted molar refractivity (Wildman–Crippen MR) is 114 cm³/mol. The predicted octanol–water partition coefficient (Wildman–Crippen LogP) is 1.65. The summed E-state index contributed by atoms with van der Waals surface area (Å²) >= 11 is 0. The first-order chi connectivity index (χ1) is 14.8. The van der Waals surface area contributed by atoms with Crippen molar-refractivity contribution in [3.63, 3.8) is 0 Å². The van der Waals surface area contributed by atoms with Gasteiger partial charge in [0, 0.05) is 13.5 Å². The van der Waals surface area contributed by atoms with Gasteiger partial charge in [0.25, 0.3) is 0 Å². The van der Waals surface area contributed by atoms with E-state index in [4.69, 9.17) is 9.47 Å². The molecule has 1 saturated heterocycles. The Morgan fingerprint density at radius 2 is 1.87 bits per heavy atom. The Morgan fingerprint density at radius 1 is 1.16 bits per heavy atom. The molecule has 1 unspecified atom stereocenters. The summed E-state index contributed by atoms with van der Waals surface area (Å²) in [5.41, 5.74) is 1.09. The second kappa shape index (κ2) is 12.2. The molecule has 3 atom stereocenters. The maximum atomic E-state index is 13.0. The molecule has 1 aliphatic heterocycles. The van der Waals surface area contributed by atoms with Crippen molar-refractivity contribution in [2.45, 2.75) is 64.6 Å². The van der Waals surface area contributed by atoms with Crippen molar-refractivity contribution in [3.8, 4) is 0 Å². The minimum atomic E-state index is -0.674. The van der Waals surface area contributed by atoms with E-state index in [0.29, 0.717) is 32.2 Å². The van der Waals surface area contributed by atoms with Gasteiger partial charge in [0.1, 0.15) is 6.04 Å². The number of ketones is 1. The average Bonchev–Trinajstić information content (AvgIpc) is 3.25. The summed E-state index contributed by atoms with van der Waals surface area (Å²) in [6.07, 6.45) is 2.37. The van der Waals surface area contributed by atoms with Crippen LogP contribution in [0.1, 0.15) is 45.6 Å². The molecule has 2 rings (SSSR count). The van der Waals surface area contributed by atoms with Crippen LogP contribution in [0.15, 0.2) is 30.3 Å². The number of rotatable bonds is 11. The van der Waals surface area contributed by atoms with Gasteiger partial charge in [0.2, 0.25) is 5.91 Å². The van der Waals surface area contributed by atoms with Gasteiger partial charge in [-0.2, -0.15) is 0 Å². The van der Waals surface area contributed by atoms with Crippen molar-refractivity contribution in [1.82, 2.24) is 10.2 Å².